The van der Waals surface area contributed by atoms with E-state index in [1.807, 2.05) is 24.3 Å². The van der Waals surface area contributed by atoms with Gasteiger partial charge in [0.05, 0.1) is 12.6 Å². The van der Waals surface area contributed by atoms with E-state index in [-0.39, 0.29) is 11.7 Å². The van der Waals surface area contributed by atoms with Crippen LogP contribution in [0.15, 0.2) is 58.0 Å². The van der Waals surface area contributed by atoms with Crippen LogP contribution >= 0.6 is 15.9 Å². The summed E-state index contributed by atoms with van der Waals surface area (Å²) in [5.74, 6) is -0.596. The molecule has 5 nitrogen and oxygen atoms in total. The molecule has 136 valence electrons. The average molecular weight is 420 g/mol. The summed E-state index contributed by atoms with van der Waals surface area (Å²) < 4.78 is 19.8. The van der Waals surface area contributed by atoms with Gasteiger partial charge in [-0.1, -0.05) is 28.1 Å². The number of halogens is 2. The standard InChI is InChI=1S/C19H19BrFN3O2/c20-14-5-2-7-16(11-14)23-19(22-12-17-8-3-9-26-17)24-18(25)13-4-1-6-15(21)10-13/h1-2,4-7,10-11,17H,3,8-9,12H2,(H2,22,23,24,25)/t17-/m0/s1. The lowest BCUT2D eigenvalue weighted by Crippen LogP contribution is -2.36. The smallest absolute Gasteiger partial charge is 0.258 e. The molecule has 0 bridgehead atoms. The Balaban J connectivity index is 1.75. The van der Waals surface area contributed by atoms with Crippen molar-refractivity contribution >= 4 is 33.5 Å². The third-order valence-corrected chi connectivity index (χ3v) is 4.38. The Kier molecular flexibility index (Phi) is 6.35. The molecule has 0 unspecified atom stereocenters. The van der Waals surface area contributed by atoms with Crippen LogP contribution in [0.1, 0.15) is 23.2 Å². The fourth-order valence-electron chi connectivity index (χ4n) is 2.60. The van der Waals surface area contributed by atoms with Crippen molar-refractivity contribution in [3.8, 4) is 0 Å². The molecule has 0 radical (unpaired) electrons. The lowest BCUT2D eigenvalue weighted by Gasteiger charge is -2.13. The van der Waals surface area contributed by atoms with Crippen molar-refractivity contribution in [2.24, 2.45) is 4.99 Å². The van der Waals surface area contributed by atoms with Gasteiger partial charge in [0.15, 0.2) is 0 Å². The normalized spacial score (nSPS) is 17.2. The highest BCUT2D eigenvalue weighted by Gasteiger charge is 2.16. The van der Waals surface area contributed by atoms with Crippen molar-refractivity contribution in [1.29, 1.82) is 0 Å². The maximum atomic E-state index is 13.4. The first kappa shape index (κ1) is 18.5. The number of anilines is 1. The number of nitrogens with zero attached hydrogens (tertiary/aromatic N) is 1. The number of hydrogen-bond acceptors (Lipinski definition) is 3. The Labute approximate surface area is 159 Å². The monoisotopic (exact) mass is 419 g/mol. The third-order valence-electron chi connectivity index (χ3n) is 3.88. The van der Waals surface area contributed by atoms with Gasteiger partial charge in [0.1, 0.15) is 5.82 Å². The Bertz CT molecular complexity index is 807. The minimum atomic E-state index is -0.463. The van der Waals surface area contributed by atoms with E-state index < -0.39 is 11.7 Å². The largest absolute Gasteiger partial charge is 0.376 e. The van der Waals surface area contributed by atoms with Crippen LogP contribution < -0.4 is 10.6 Å². The predicted octanol–water partition coefficient (Wildman–Crippen LogP) is 3.97. The number of benzene rings is 2. The predicted molar refractivity (Wildman–Crippen MR) is 103 cm³/mol. The van der Waals surface area contributed by atoms with Crippen molar-refractivity contribution < 1.29 is 13.9 Å². The second-order valence-corrected chi connectivity index (χ2v) is 6.84. The average Bonchev–Trinajstić information content (AvgIpc) is 3.13. The van der Waals surface area contributed by atoms with Crippen LogP contribution in [0.4, 0.5) is 10.1 Å². The van der Waals surface area contributed by atoms with Crippen LogP contribution in [0.3, 0.4) is 0 Å². The number of hydrogen-bond donors (Lipinski definition) is 2. The second-order valence-electron chi connectivity index (χ2n) is 5.92. The number of guanidine groups is 1. The summed E-state index contributed by atoms with van der Waals surface area (Å²) in [4.78, 5) is 16.9. The molecule has 0 saturated carbocycles. The van der Waals surface area contributed by atoms with Gasteiger partial charge in [-0.25, -0.2) is 9.38 Å². The van der Waals surface area contributed by atoms with Gasteiger partial charge < -0.3 is 10.1 Å². The maximum Gasteiger partial charge on any atom is 0.258 e. The van der Waals surface area contributed by atoms with Crippen molar-refractivity contribution in [3.63, 3.8) is 0 Å². The number of amides is 1. The Morgan fingerprint density at radius 3 is 2.85 bits per heavy atom. The van der Waals surface area contributed by atoms with Crippen molar-refractivity contribution in [3.05, 3.63) is 64.4 Å². The molecule has 2 aromatic carbocycles. The van der Waals surface area contributed by atoms with Gasteiger partial charge in [-0.2, -0.15) is 0 Å². The van der Waals surface area contributed by atoms with Gasteiger partial charge >= 0.3 is 0 Å². The van der Waals surface area contributed by atoms with Crippen molar-refractivity contribution in [2.45, 2.75) is 18.9 Å². The summed E-state index contributed by atoms with van der Waals surface area (Å²) in [5, 5.41) is 5.81. The molecule has 1 fully saturated rings. The van der Waals surface area contributed by atoms with E-state index in [0.717, 1.165) is 29.6 Å². The van der Waals surface area contributed by atoms with Gasteiger partial charge in [-0.3, -0.25) is 10.1 Å². The molecule has 1 saturated heterocycles. The van der Waals surface area contributed by atoms with Gasteiger partial charge in [-0.05, 0) is 49.2 Å². The van der Waals surface area contributed by atoms with Gasteiger partial charge in [0.25, 0.3) is 5.91 Å². The zero-order valence-electron chi connectivity index (χ0n) is 14.0. The van der Waals surface area contributed by atoms with E-state index >= 15 is 0 Å². The lowest BCUT2D eigenvalue weighted by atomic mass is 10.2. The molecule has 0 aromatic heterocycles. The van der Waals surface area contributed by atoms with Crippen LogP contribution in [0.25, 0.3) is 0 Å². The topological polar surface area (TPSA) is 62.7 Å². The third kappa shape index (κ3) is 5.37. The van der Waals surface area contributed by atoms with Crippen molar-refractivity contribution in [2.75, 3.05) is 18.5 Å². The van der Waals surface area contributed by atoms with Crippen LogP contribution in [-0.4, -0.2) is 31.1 Å². The van der Waals surface area contributed by atoms with Gasteiger partial charge in [0.2, 0.25) is 5.96 Å². The van der Waals surface area contributed by atoms with E-state index in [0.29, 0.717) is 12.5 Å². The molecule has 1 heterocycles. The molecule has 2 aromatic rings. The quantitative estimate of drug-likeness (QED) is 0.582. The Morgan fingerprint density at radius 2 is 2.12 bits per heavy atom. The zero-order chi connectivity index (χ0) is 18.4. The van der Waals surface area contributed by atoms with Crippen molar-refractivity contribution in [1.82, 2.24) is 5.32 Å². The number of carbonyl (C=O) groups excluding carboxylic acids is 1. The first-order valence-corrected chi connectivity index (χ1v) is 9.15. The number of nitrogens with one attached hydrogen (secondary N) is 2. The Hall–Kier alpha value is -2.25. The van der Waals surface area contributed by atoms with Crippen LogP contribution in [0, 0.1) is 5.82 Å². The summed E-state index contributed by atoms with van der Waals surface area (Å²) in [6, 6.07) is 13.0. The molecule has 1 amide bonds. The van der Waals surface area contributed by atoms with Crippen LogP contribution in [0.5, 0.6) is 0 Å². The first-order chi connectivity index (χ1) is 12.6. The molecule has 3 rings (SSSR count). The molecule has 1 atom stereocenters. The van der Waals surface area contributed by atoms with E-state index in [9.17, 15) is 9.18 Å². The fourth-order valence-corrected chi connectivity index (χ4v) is 3.00. The van der Waals surface area contributed by atoms with Gasteiger partial charge in [-0.15, -0.1) is 0 Å². The minimum Gasteiger partial charge on any atom is -0.376 e. The van der Waals surface area contributed by atoms with Gasteiger partial charge in [0, 0.05) is 22.3 Å². The molecule has 1 aliphatic rings. The van der Waals surface area contributed by atoms with E-state index in [1.165, 1.54) is 18.2 Å². The molecular formula is C19H19BrFN3O2. The molecule has 2 N–H and O–H groups in total. The highest BCUT2D eigenvalue weighted by Crippen LogP contribution is 2.16. The second kappa shape index (κ2) is 8.91. The Morgan fingerprint density at radius 1 is 1.27 bits per heavy atom. The zero-order valence-corrected chi connectivity index (χ0v) is 15.6. The molecule has 7 heteroatoms. The summed E-state index contributed by atoms with van der Waals surface area (Å²) in [5.41, 5.74) is 0.996. The summed E-state index contributed by atoms with van der Waals surface area (Å²) in [6.45, 7) is 1.18. The summed E-state index contributed by atoms with van der Waals surface area (Å²) in [7, 11) is 0. The highest BCUT2D eigenvalue weighted by molar-refractivity contribution is 9.10. The summed E-state index contributed by atoms with van der Waals surface area (Å²) >= 11 is 3.41. The van der Waals surface area contributed by atoms with Crippen LogP contribution in [0.2, 0.25) is 0 Å². The fraction of sp³-hybridized carbons (Fsp3) is 0.263. The SMILES string of the molecule is O=C(NC(=NC[C@@H]1CCCO1)Nc1cccc(Br)c1)c1cccc(F)c1. The molecular weight excluding hydrogens is 401 g/mol. The van der Waals surface area contributed by atoms with E-state index in [1.54, 1.807) is 6.07 Å². The molecule has 0 aliphatic carbocycles. The number of carbonyl (C=O) groups is 1. The molecule has 1 aliphatic heterocycles. The number of ether oxygens (including phenoxy) is 1. The van der Waals surface area contributed by atoms with Crippen LogP contribution in [-0.2, 0) is 4.74 Å². The first-order valence-electron chi connectivity index (χ1n) is 8.36. The highest BCUT2D eigenvalue weighted by atomic mass is 79.9. The number of rotatable bonds is 4. The van der Waals surface area contributed by atoms with E-state index in [4.69, 9.17) is 4.74 Å². The summed E-state index contributed by atoms with van der Waals surface area (Å²) in [6.07, 6.45) is 2.02. The minimum absolute atomic E-state index is 0.0559. The lowest BCUT2D eigenvalue weighted by molar-refractivity contribution is 0.0975. The number of aliphatic imine (C=N–C) groups is 1. The molecule has 0 spiro atoms. The molecule has 26 heavy (non-hydrogen) atoms. The van der Waals surface area contributed by atoms with E-state index in [2.05, 4.69) is 31.6 Å². The maximum absolute atomic E-state index is 13.4.